The van der Waals surface area contributed by atoms with Crippen molar-refractivity contribution in [2.45, 2.75) is 78.2 Å². The van der Waals surface area contributed by atoms with Crippen LogP contribution < -0.4 is 21.3 Å². The minimum atomic E-state index is -1.15. The average molecular weight is 961 g/mol. The highest BCUT2D eigenvalue weighted by Gasteiger charge is 2.29. The summed E-state index contributed by atoms with van der Waals surface area (Å²) in [5.74, 6) is -3.15. The Labute approximate surface area is 396 Å². The maximum atomic E-state index is 12.9. The second-order valence-corrected chi connectivity index (χ2v) is 16.2. The van der Waals surface area contributed by atoms with E-state index in [9.17, 15) is 48.9 Å². The number of carbonyl (C=O) groups excluding carboxylic acids is 7. The molecule has 2 aromatic carbocycles. The molecule has 2 unspecified atom stereocenters. The van der Waals surface area contributed by atoms with E-state index in [1.54, 1.807) is 52.0 Å². The summed E-state index contributed by atoms with van der Waals surface area (Å²) in [6, 6.07) is 9.22. The van der Waals surface area contributed by atoms with E-state index in [-0.39, 0.29) is 101 Å². The number of imide groups is 1. The minimum Gasteiger partial charge on any atom is -0.504 e. The number of rotatable bonds is 33. The summed E-state index contributed by atoms with van der Waals surface area (Å²) >= 11 is 0. The zero-order valence-electron chi connectivity index (χ0n) is 39.3. The van der Waals surface area contributed by atoms with Crippen LogP contribution >= 0.6 is 0 Å². The number of hydrogen-bond donors (Lipinski definition) is 7. The molecule has 0 radical (unpaired) electrons. The van der Waals surface area contributed by atoms with Crippen LogP contribution in [0.2, 0.25) is 0 Å². The van der Waals surface area contributed by atoms with Crippen LogP contribution in [0, 0.1) is 5.92 Å². The molecule has 0 aliphatic carbocycles. The Balaban J connectivity index is 1.17. The number of hydrogen-bond acceptors (Lipinski definition) is 16. The molecule has 2 atom stereocenters. The van der Waals surface area contributed by atoms with Gasteiger partial charge in [-0.2, -0.15) is 0 Å². The Hall–Kier alpha value is -5.91. The summed E-state index contributed by atoms with van der Waals surface area (Å²) in [6.07, 6.45) is -1.35. The van der Waals surface area contributed by atoms with Gasteiger partial charge in [-0.3, -0.25) is 33.7 Å². The number of phenolic OH excluding ortho intramolecular Hbond substituents is 2. The number of ether oxygens (including phenoxy) is 6. The third-order valence-corrected chi connectivity index (χ3v) is 10.1. The molecule has 1 aliphatic heterocycles. The van der Waals surface area contributed by atoms with Crippen molar-refractivity contribution in [3.63, 3.8) is 0 Å². The number of nitrogens with zero attached hydrogens (tertiary/aromatic N) is 2. The van der Waals surface area contributed by atoms with E-state index in [2.05, 4.69) is 21.3 Å². The minimum absolute atomic E-state index is 0.0101. The maximum absolute atomic E-state index is 12.9. The van der Waals surface area contributed by atoms with Crippen molar-refractivity contribution in [1.29, 1.82) is 0 Å². The number of amides is 7. The molecule has 0 spiro atoms. The summed E-state index contributed by atoms with van der Waals surface area (Å²) in [6.45, 7) is 9.94. The highest BCUT2D eigenvalue weighted by molar-refractivity contribution is 6.02. The number of phenols is 2. The van der Waals surface area contributed by atoms with E-state index < -0.39 is 41.7 Å². The van der Waals surface area contributed by atoms with Crippen molar-refractivity contribution < 1.29 is 77.3 Å². The maximum Gasteiger partial charge on any atom is 0.410 e. The van der Waals surface area contributed by atoms with E-state index in [0.717, 1.165) is 4.90 Å². The second-order valence-electron chi connectivity index (χ2n) is 16.2. The van der Waals surface area contributed by atoms with E-state index in [1.807, 2.05) is 0 Å². The number of likely N-dealkylation sites (tertiary alicyclic amines) is 1. The van der Waals surface area contributed by atoms with Crippen molar-refractivity contribution in [2.75, 3.05) is 97.6 Å². The van der Waals surface area contributed by atoms with Crippen LogP contribution in [0.15, 0.2) is 42.5 Å². The fourth-order valence-corrected chi connectivity index (χ4v) is 6.29. The van der Waals surface area contributed by atoms with Gasteiger partial charge in [0.2, 0.25) is 35.4 Å². The molecule has 1 saturated heterocycles. The van der Waals surface area contributed by atoms with Gasteiger partial charge in [-0.05, 0) is 55.2 Å². The smallest absolute Gasteiger partial charge is 0.410 e. The van der Waals surface area contributed by atoms with Crippen molar-refractivity contribution in [1.82, 2.24) is 25.8 Å². The molecule has 2 aromatic rings. The van der Waals surface area contributed by atoms with Gasteiger partial charge in [-0.25, -0.2) is 4.79 Å². The molecule has 22 nitrogen and oxygen atoms in total. The predicted octanol–water partition coefficient (Wildman–Crippen LogP) is 1.50. The number of nitrogens with one attached hydrogen (secondary N) is 4. The number of aliphatic hydroxyl groups excluding tert-OH is 1. The van der Waals surface area contributed by atoms with Gasteiger partial charge < -0.3 is 69.9 Å². The summed E-state index contributed by atoms with van der Waals surface area (Å²) in [5.41, 5.74) is 1.37. The van der Waals surface area contributed by atoms with Crippen molar-refractivity contribution in [3.8, 4) is 11.5 Å². The van der Waals surface area contributed by atoms with Gasteiger partial charge in [0.15, 0.2) is 11.5 Å². The van der Waals surface area contributed by atoms with Crippen molar-refractivity contribution in [2.24, 2.45) is 5.92 Å². The van der Waals surface area contributed by atoms with Crippen LogP contribution in [-0.2, 0) is 63.8 Å². The summed E-state index contributed by atoms with van der Waals surface area (Å²) in [7, 11) is 0. The molecule has 0 aromatic heterocycles. The van der Waals surface area contributed by atoms with Crippen LogP contribution in [-0.4, -0.2) is 171 Å². The van der Waals surface area contributed by atoms with Gasteiger partial charge in [0, 0.05) is 50.5 Å². The molecular weight excluding hydrogens is 893 g/mol. The standard InChI is InChI=1S/C46H68N6O16/c1-31(2)44(50-40(57)14-17-63-19-21-65-23-25-67-26-24-66-22-20-64-18-15-47-39(56)13-16-51-42(59)11-12-43(51)60)45(61)48-28-41(58)49-35-8-5-33(6-9-35)30-68-46(62)52(32(3)4)29-38(55)34-7-10-36(53)37(54)27-34/h5-10,27,31-32,38,44,53-55H,11-26,28-30H2,1-4H3,(H,47,56)(H,48,61)(H,49,58)(H,50,57). The van der Waals surface area contributed by atoms with Gasteiger partial charge in [0.05, 0.1) is 85.3 Å². The second kappa shape index (κ2) is 31.2. The van der Waals surface area contributed by atoms with E-state index >= 15 is 0 Å². The topological polar surface area (TPSA) is 290 Å². The van der Waals surface area contributed by atoms with E-state index in [0.29, 0.717) is 76.2 Å². The van der Waals surface area contributed by atoms with Gasteiger partial charge >= 0.3 is 6.09 Å². The van der Waals surface area contributed by atoms with Crippen LogP contribution in [0.1, 0.15) is 70.6 Å². The number of aromatic hydroxyl groups is 2. The lowest BCUT2D eigenvalue weighted by molar-refractivity contribution is -0.138. The average Bonchev–Trinajstić information content (AvgIpc) is 3.63. The Morgan fingerprint density at radius 3 is 1.82 bits per heavy atom. The number of carbonyl (C=O) groups is 7. The molecule has 22 heteroatoms. The molecule has 3 rings (SSSR count). The summed E-state index contributed by atoms with van der Waals surface area (Å²) in [4.78, 5) is 88.5. The first-order chi connectivity index (χ1) is 32.5. The normalized spacial score (nSPS) is 13.4. The lowest BCUT2D eigenvalue weighted by atomic mass is 10.0. The molecule has 1 fully saturated rings. The molecule has 1 aliphatic rings. The first kappa shape index (κ1) is 56.4. The summed E-state index contributed by atoms with van der Waals surface area (Å²) < 4.78 is 32.7. The van der Waals surface area contributed by atoms with Crippen LogP contribution in [0.5, 0.6) is 11.5 Å². The van der Waals surface area contributed by atoms with Crippen LogP contribution in [0.3, 0.4) is 0 Å². The molecule has 1 heterocycles. The Bertz CT molecular complexity index is 1900. The largest absolute Gasteiger partial charge is 0.504 e. The molecule has 378 valence electrons. The Morgan fingerprint density at radius 2 is 1.26 bits per heavy atom. The van der Waals surface area contributed by atoms with Crippen LogP contribution in [0.4, 0.5) is 10.5 Å². The molecule has 0 bridgehead atoms. The Kier molecular flexibility index (Phi) is 25.9. The third kappa shape index (κ3) is 21.8. The number of anilines is 1. The van der Waals surface area contributed by atoms with Gasteiger partial charge in [0.25, 0.3) is 0 Å². The SMILES string of the molecule is CC(C)C(NC(=O)CCOCCOCCOCCOCCOCCNC(=O)CCN1C(=O)CCC1=O)C(=O)NCC(=O)Nc1ccc(COC(=O)N(CC(O)c2ccc(O)c(O)c2)C(C)C)cc1. The molecule has 0 saturated carbocycles. The first-order valence-electron chi connectivity index (χ1n) is 22.6. The highest BCUT2D eigenvalue weighted by Crippen LogP contribution is 2.28. The number of benzene rings is 2. The van der Waals surface area contributed by atoms with E-state index in [1.165, 1.54) is 23.1 Å². The predicted molar refractivity (Wildman–Crippen MR) is 244 cm³/mol. The molecule has 7 amide bonds. The third-order valence-electron chi connectivity index (χ3n) is 10.1. The fraction of sp³-hybridized carbons (Fsp3) is 0.587. The molecule has 68 heavy (non-hydrogen) atoms. The summed E-state index contributed by atoms with van der Waals surface area (Å²) in [5, 5.41) is 40.5. The van der Waals surface area contributed by atoms with Crippen molar-refractivity contribution in [3.05, 3.63) is 53.6 Å². The van der Waals surface area contributed by atoms with Gasteiger partial charge in [0.1, 0.15) is 12.6 Å². The number of aliphatic hydroxyl groups is 1. The quantitative estimate of drug-likeness (QED) is 0.0303. The molecule has 7 N–H and O–H groups in total. The lowest BCUT2D eigenvalue weighted by Crippen LogP contribution is -2.51. The van der Waals surface area contributed by atoms with Crippen LogP contribution in [0.25, 0.3) is 0 Å². The molecular formula is C46H68N6O16. The zero-order valence-corrected chi connectivity index (χ0v) is 39.3. The fourth-order valence-electron chi connectivity index (χ4n) is 6.29. The lowest BCUT2D eigenvalue weighted by Gasteiger charge is -2.28. The van der Waals surface area contributed by atoms with Gasteiger partial charge in [-0.15, -0.1) is 0 Å². The highest BCUT2D eigenvalue weighted by atomic mass is 16.6. The van der Waals surface area contributed by atoms with Crippen molar-refractivity contribution >= 4 is 47.2 Å². The first-order valence-corrected chi connectivity index (χ1v) is 22.6. The monoisotopic (exact) mass is 960 g/mol. The van der Waals surface area contributed by atoms with Gasteiger partial charge in [-0.1, -0.05) is 32.0 Å². The Morgan fingerprint density at radius 1 is 0.691 bits per heavy atom. The van der Waals surface area contributed by atoms with E-state index in [4.69, 9.17) is 28.4 Å². The zero-order chi connectivity index (χ0) is 49.8.